The number of likely N-dealkylation sites (tertiary alicyclic amines) is 1. The molecule has 0 aliphatic carbocycles. The number of aromatic nitrogens is 1. The van der Waals surface area contributed by atoms with E-state index in [1.54, 1.807) is 12.4 Å². The molecule has 1 N–H and O–H groups in total. The zero-order valence-corrected chi connectivity index (χ0v) is 13.7. The molecule has 0 bridgehead atoms. The molecular formula is C18H20ClN3O. The van der Waals surface area contributed by atoms with Gasteiger partial charge >= 0.3 is 0 Å². The van der Waals surface area contributed by atoms with Gasteiger partial charge in [0, 0.05) is 24.3 Å². The van der Waals surface area contributed by atoms with Crippen molar-refractivity contribution >= 4 is 23.2 Å². The fraction of sp³-hybridized carbons (Fsp3) is 0.333. The van der Waals surface area contributed by atoms with Gasteiger partial charge in [-0.05, 0) is 49.2 Å². The van der Waals surface area contributed by atoms with Crippen molar-refractivity contribution in [2.75, 3.05) is 18.4 Å². The SMILES string of the molecule is O=C(Nc1cccnc1)C1CCCN(Cc2ccc(Cl)cc2)C1. The van der Waals surface area contributed by atoms with Gasteiger partial charge in [-0.3, -0.25) is 14.7 Å². The average Bonchev–Trinajstić information content (AvgIpc) is 2.58. The summed E-state index contributed by atoms with van der Waals surface area (Å²) in [5.74, 6) is 0.107. The third-order valence-electron chi connectivity index (χ3n) is 4.12. The van der Waals surface area contributed by atoms with Gasteiger partial charge in [-0.2, -0.15) is 0 Å². The van der Waals surface area contributed by atoms with Gasteiger partial charge in [-0.15, -0.1) is 0 Å². The van der Waals surface area contributed by atoms with Crippen molar-refractivity contribution in [1.29, 1.82) is 0 Å². The van der Waals surface area contributed by atoms with E-state index in [-0.39, 0.29) is 11.8 Å². The molecule has 1 amide bonds. The van der Waals surface area contributed by atoms with Crippen LogP contribution in [0.25, 0.3) is 0 Å². The van der Waals surface area contributed by atoms with Crippen LogP contribution in [0.15, 0.2) is 48.8 Å². The average molecular weight is 330 g/mol. The maximum atomic E-state index is 12.4. The lowest BCUT2D eigenvalue weighted by molar-refractivity contribution is -0.121. The largest absolute Gasteiger partial charge is 0.324 e. The van der Waals surface area contributed by atoms with Crippen LogP contribution < -0.4 is 5.32 Å². The second-order valence-electron chi connectivity index (χ2n) is 5.93. The Hall–Kier alpha value is -1.91. The first-order valence-corrected chi connectivity index (χ1v) is 8.26. The number of amides is 1. The second kappa shape index (κ2) is 7.57. The summed E-state index contributed by atoms with van der Waals surface area (Å²) in [4.78, 5) is 18.8. The molecule has 3 rings (SSSR count). The minimum absolute atomic E-state index is 0.0243. The van der Waals surface area contributed by atoms with Gasteiger partial charge in [-0.1, -0.05) is 23.7 Å². The van der Waals surface area contributed by atoms with Crippen molar-refractivity contribution in [2.24, 2.45) is 5.92 Å². The number of anilines is 1. The zero-order valence-electron chi connectivity index (χ0n) is 12.9. The Morgan fingerprint density at radius 1 is 1.30 bits per heavy atom. The molecule has 1 aromatic carbocycles. The van der Waals surface area contributed by atoms with Crippen LogP contribution in [0.1, 0.15) is 18.4 Å². The number of rotatable bonds is 4. The molecule has 0 radical (unpaired) electrons. The van der Waals surface area contributed by atoms with E-state index < -0.39 is 0 Å². The predicted octanol–water partition coefficient (Wildman–Crippen LogP) is 3.59. The molecule has 1 aliphatic heterocycles. The number of benzene rings is 1. The maximum Gasteiger partial charge on any atom is 0.228 e. The molecule has 0 saturated carbocycles. The number of piperidine rings is 1. The molecule has 1 unspecified atom stereocenters. The van der Waals surface area contributed by atoms with Crippen LogP contribution in [-0.4, -0.2) is 28.9 Å². The van der Waals surface area contributed by atoms with Gasteiger partial charge in [-0.25, -0.2) is 0 Å². The third-order valence-corrected chi connectivity index (χ3v) is 4.38. The minimum Gasteiger partial charge on any atom is -0.324 e. The Balaban J connectivity index is 1.57. The standard InChI is InChI=1S/C18H20ClN3O/c19-16-7-5-14(6-8-16)12-22-10-2-3-15(13-22)18(23)21-17-4-1-9-20-11-17/h1,4-9,11,15H,2-3,10,12-13H2,(H,21,23). The number of nitrogens with one attached hydrogen (secondary N) is 1. The van der Waals surface area contributed by atoms with E-state index in [9.17, 15) is 4.79 Å². The summed E-state index contributed by atoms with van der Waals surface area (Å²) in [7, 11) is 0. The predicted molar refractivity (Wildman–Crippen MR) is 92.3 cm³/mol. The fourth-order valence-corrected chi connectivity index (χ4v) is 3.07. The maximum absolute atomic E-state index is 12.4. The summed E-state index contributed by atoms with van der Waals surface area (Å²) in [5, 5.41) is 3.71. The van der Waals surface area contributed by atoms with Crippen LogP contribution in [0, 0.1) is 5.92 Å². The molecule has 2 heterocycles. The number of halogens is 1. The van der Waals surface area contributed by atoms with Crippen LogP contribution in [0.2, 0.25) is 5.02 Å². The third kappa shape index (κ3) is 4.53. The molecule has 1 aromatic heterocycles. The molecule has 5 heteroatoms. The Kier molecular flexibility index (Phi) is 5.26. The number of hydrogen-bond acceptors (Lipinski definition) is 3. The molecule has 0 spiro atoms. The number of carbonyl (C=O) groups excluding carboxylic acids is 1. The Labute approximate surface area is 141 Å². The van der Waals surface area contributed by atoms with Gasteiger partial charge in [0.1, 0.15) is 0 Å². The fourth-order valence-electron chi connectivity index (χ4n) is 2.94. The quantitative estimate of drug-likeness (QED) is 0.932. The Bertz CT molecular complexity index is 645. The summed E-state index contributed by atoms with van der Waals surface area (Å²) in [6.07, 6.45) is 5.35. The molecule has 23 heavy (non-hydrogen) atoms. The van der Waals surface area contributed by atoms with E-state index in [0.29, 0.717) is 0 Å². The summed E-state index contributed by atoms with van der Waals surface area (Å²) < 4.78 is 0. The van der Waals surface area contributed by atoms with E-state index in [4.69, 9.17) is 11.6 Å². The molecule has 2 aromatic rings. The van der Waals surface area contributed by atoms with Crippen LogP contribution >= 0.6 is 11.6 Å². The monoisotopic (exact) mass is 329 g/mol. The van der Waals surface area contributed by atoms with Crippen molar-refractivity contribution in [1.82, 2.24) is 9.88 Å². The molecule has 4 nitrogen and oxygen atoms in total. The van der Waals surface area contributed by atoms with Crippen molar-refractivity contribution in [3.8, 4) is 0 Å². The van der Waals surface area contributed by atoms with Crippen molar-refractivity contribution in [3.05, 3.63) is 59.4 Å². The highest BCUT2D eigenvalue weighted by Gasteiger charge is 2.25. The zero-order chi connectivity index (χ0) is 16.1. The summed E-state index contributed by atoms with van der Waals surface area (Å²) in [6, 6.07) is 11.6. The lowest BCUT2D eigenvalue weighted by atomic mass is 9.96. The van der Waals surface area contributed by atoms with Gasteiger partial charge in [0.05, 0.1) is 17.8 Å². The van der Waals surface area contributed by atoms with E-state index in [2.05, 4.69) is 15.2 Å². The number of nitrogens with zero attached hydrogens (tertiary/aromatic N) is 2. The molecule has 1 fully saturated rings. The van der Waals surface area contributed by atoms with Crippen molar-refractivity contribution in [3.63, 3.8) is 0 Å². The highest BCUT2D eigenvalue weighted by Crippen LogP contribution is 2.21. The van der Waals surface area contributed by atoms with E-state index in [1.807, 2.05) is 36.4 Å². The lowest BCUT2D eigenvalue weighted by Crippen LogP contribution is -2.40. The van der Waals surface area contributed by atoms with Gasteiger partial charge < -0.3 is 5.32 Å². The first-order chi connectivity index (χ1) is 11.2. The van der Waals surface area contributed by atoms with Crippen molar-refractivity contribution < 1.29 is 4.79 Å². The highest BCUT2D eigenvalue weighted by atomic mass is 35.5. The molecule has 1 atom stereocenters. The Morgan fingerprint density at radius 2 is 2.13 bits per heavy atom. The number of carbonyl (C=O) groups is 1. The van der Waals surface area contributed by atoms with Crippen LogP contribution in [0.3, 0.4) is 0 Å². The first kappa shape index (κ1) is 16.0. The van der Waals surface area contributed by atoms with E-state index in [1.165, 1.54) is 5.56 Å². The normalized spacial score (nSPS) is 18.6. The second-order valence-corrected chi connectivity index (χ2v) is 6.37. The van der Waals surface area contributed by atoms with E-state index in [0.717, 1.165) is 43.2 Å². The lowest BCUT2D eigenvalue weighted by Gasteiger charge is -2.32. The smallest absolute Gasteiger partial charge is 0.228 e. The van der Waals surface area contributed by atoms with Gasteiger partial charge in [0.2, 0.25) is 5.91 Å². The summed E-state index contributed by atoms with van der Waals surface area (Å²) >= 11 is 5.92. The van der Waals surface area contributed by atoms with Crippen LogP contribution in [-0.2, 0) is 11.3 Å². The number of hydrogen-bond donors (Lipinski definition) is 1. The molecule has 120 valence electrons. The first-order valence-electron chi connectivity index (χ1n) is 7.88. The van der Waals surface area contributed by atoms with Gasteiger partial charge in [0.25, 0.3) is 0 Å². The Morgan fingerprint density at radius 3 is 2.87 bits per heavy atom. The van der Waals surface area contributed by atoms with Crippen LogP contribution in [0.5, 0.6) is 0 Å². The van der Waals surface area contributed by atoms with Crippen molar-refractivity contribution in [2.45, 2.75) is 19.4 Å². The number of pyridine rings is 1. The van der Waals surface area contributed by atoms with Crippen LogP contribution in [0.4, 0.5) is 5.69 Å². The topological polar surface area (TPSA) is 45.2 Å². The molecular weight excluding hydrogens is 310 g/mol. The van der Waals surface area contributed by atoms with Gasteiger partial charge in [0.15, 0.2) is 0 Å². The highest BCUT2D eigenvalue weighted by molar-refractivity contribution is 6.30. The van der Waals surface area contributed by atoms with E-state index >= 15 is 0 Å². The summed E-state index contributed by atoms with van der Waals surface area (Å²) in [6.45, 7) is 2.67. The minimum atomic E-state index is 0.0243. The molecule has 1 aliphatic rings. The molecule has 1 saturated heterocycles. The summed E-state index contributed by atoms with van der Waals surface area (Å²) in [5.41, 5.74) is 1.98.